The van der Waals surface area contributed by atoms with Crippen molar-refractivity contribution in [3.05, 3.63) is 33.4 Å². The molecule has 0 unspecified atom stereocenters. The van der Waals surface area contributed by atoms with Crippen molar-refractivity contribution >= 4 is 37.4 Å². The molecule has 0 nitrogen and oxygen atoms in total. The van der Waals surface area contributed by atoms with Crippen molar-refractivity contribution in [1.29, 1.82) is 0 Å². The highest BCUT2D eigenvalue weighted by atomic mass is 79.9. The summed E-state index contributed by atoms with van der Waals surface area (Å²) >= 11 is 4.04. The van der Waals surface area contributed by atoms with Gasteiger partial charge in [0.1, 0.15) is 5.82 Å². The SMILES string of the molecule is Fc1c(Br)cc2ccsc2c1C(F)F. The van der Waals surface area contributed by atoms with Crippen molar-refractivity contribution in [2.24, 2.45) is 0 Å². The minimum atomic E-state index is -2.78. The van der Waals surface area contributed by atoms with Crippen LogP contribution >= 0.6 is 27.3 Å². The molecule has 2 rings (SSSR count). The van der Waals surface area contributed by atoms with Crippen LogP contribution in [0, 0.1) is 5.82 Å². The summed E-state index contributed by atoms with van der Waals surface area (Å²) < 4.78 is 38.9. The number of hydrogen-bond acceptors (Lipinski definition) is 1. The smallest absolute Gasteiger partial charge is 0.205 e. The molecular weight excluding hydrogens is 277 g/mol. The Bertz CT molecular complexity index is 478. The van der Waals surface area contributed by atoms with Gasteiger partial charge in [0, 0.05) is 4.70 Å². The van der Waals surface area contributed by atoms with Crippen molar-refractivity contribution in [1.82, 2.24) is 0 Å². The van der Waals surface area contributed by atoms with Crippen molar-refractivity contribution in [3.8, 4) is 0 Å². The Morgan fingerprint density at radius 2 is 2.07 bits per heavy atom. The molecule has 0 N–H and O–H groups in total. The lowest BCUT2D eigenvalue weighted by Gasteiger charge is -2.05. The Balaban J connectivity index is 2.86. The zero-order valence-corrected chi connectivity index (χ0v) is 9.13. The van der Waals surface area contributed by atoms with Crippen molar-refractivity contribution < 1.29 is 13.2 Å². The Hall–Kier alpha value is -0.550. The summed E-state index contributed by atoms with van der Waals surface area (Å²) in [4.78, 5) is 0. The molecule has 1 aromatic carbocycles. The third kappa shape index (κ3) is 1.44. The van der Waals surface area contributed by atoms with Gasteiger partial charge in [-0.3, -0.25) is 0 Å². The van der Waals surface area contributed by atoms with Gasteiger partial charge in [0.05, 0.1) is 10.0 Å². The second-order valence-electron chi connectivity index (χ2n) is 2.73. The molecule has 1 heterocycles. The topological polar surface area (TPSA) is 0 Å². The highest BCUT2D eigenvalue weighted by molar-refractivity contribution is 9.10. The van der Waals surface area contributed by atoms with Crippen molar-refractivity contribution in [2.75, 3.05) is 0 Å². The largest absolute Gasteiger partial charge is 0.268 e. The fourth-order valence-corrected chi connectivity index (χ4v) is 2.65. The van der Waals surface area contributed by atoms with E-state index in [2.05, 4.69) is 15.9 Å². The maximum Gasteiger partial charge on any atom is 0.268 e. The monoisotopic (exact) mass is 280 g/mol. The first-order valence-corrected chi connectivity index (χ1v) is 5.41. The summed E-state index contributed by atoms with van der Waals surface area (Å²) in [6, 6.07) is 3.20. The lowest BCUT2D eigenvalue weighted by molar-refractivity contribution is 0.148. The van der Waals surface area contributed by atoms with Gasteiger partial charge in [0.25, 0.3) is 6.43 Å². The number of halogens is 4. The zero-order chi connectivity index (χ0) is 10.3. The second kappa shape index (κ2) is 3.55. The van der Waals surface area contributed by atoms with E-state index >= 15 is 0 Å². The van der Waals surface area contributed by atoms with Gasteiger partial charge < -0.3 is 0 Å². The summed E-state index contributed by atoms with van der Waals surface area (Å²) in [5.41, 5.74) is -0.510. The first-order valence-electron chi connectivity index (χ1n) is 3.74. The van der Waals surface area contributed by atoms with Crippen LogP contribution in [0.1, 0.15) is 12.0 Å². The van der Waals surface area contributed by atoms with Gasteiger partial charge in [-0.15, -0.1) is 11.3 Å². The predicted octanol–water partition coefficient (Wildman–Crippen LogP) is 4.74. The van der Waals surface area contributed by atoms with Gasteiger partial charge in [-0.05, 0) is 38.8 Å². The van der Waals surface area contributed by atoms with Gasteiger partial charge in [-0.1, -0.05) is 0 Å². The highest BCUT2D eigenvalue weighted by Gasteiger charge is 2.20. The number of alkyl halides is 2. The lowest BCUT2D eigenvalue weighted by Crippen LogP contribution is -1.92. The van der Waals surface area contributed by atoms with E-state index in [0.717, 1.165) is 11.3 Å². The Kier molecular flexibility index (Phi) is 2.53. The van der Waals surface area contributed by atoms with Crippen LogP contribution in [0.25, 0.3) is 10.1 Å². The molecule has 1 aromatic heterocycles. The van der Waals surface area contributed by atoms with Gasteiger partial charge >= 0.3 is 0 Å². The summed E-state index contributed by atoms with van der Waals surface area (Å²) in [6.07, 6.45) is -2.78. The maximum atomic E-state index is 13.3. The number of fused-ring (bicyclic) bond motifs is 1. The highest BCUT2D eigenvalue weighted by Crippen LogP contribution is 2.37. The standard InChI is InChI=1S/C9H4BrF3S/c10-5-3-4-1-2-14-8(4)6(7(5)11)9(12)13/h1-3,9H. The van der Waals surface area contributed by atoms with Crippen LogP contribution in [0.4, 0.5) is 13.2 Å². The van der Waals surface area contributed by atoms with E-state index in [9.17, 15) is 13.2 Å². The lowest BCUT2D eigenvalue weighted by atomic mass is 10.1. The van der Waals surface area contributed by atoms with Crippen LogP contribution in [0.5, 0.6) is 0 Å². The molecule has 0 saturated heterocycles. The number of hydrogen-bond donors (Lipinski definition) is 0. The van der Waals surface area contributed by atoms with E-state index < -0.39 is 17.8 Å². The Morgan fingerprint density at radius 3 is 2.71 bits per heavy atom. The van der Waals surface area contributed by atoms with Crippen LogP contribution in [-0.2, 0) is 0 Å². The van der Waals surface area contributed by atoms with E-state index in [1.165, 1.54) is 6.07 Å². The Morgan fingerprint density at radius 1 is 1.36 bits per heavy atom. The molecule has 0 aliphatic rings. The summed E-state index contributed by atoms with van der Waals surface area (Å²) in [7, 11) is 0. The minimum absolute atomic E-state index is 0.0821. The fourth-order valence-electron chi connectivity index (χ4n) is 1.27. The normalized spacial score (nSPS) is 11.5. The van der Waals surface area contributed by atoms with Crippen LogP contribution in [0.3, 0.4) is 0 Å². The van der Waals surface area contributed by atoms with E-state index in [1.807, 2.05) is 0 Å². The first kappa shape index (κ1) is 9.98. The van der Waals surface area contributed by atoms with Gasteiger partial charge in [-0.25, -0.2) is 13.2 Å². The third-order valence-corrected chi connectivity index (χ3v) is 3.43. The van der Waals surface area contributed by atoms with Crippen molar-refractivity contribution in [3.63, 3.8) is 0 Å². The van der Waals surface area contributed by atoms with Gasteiger partial charge in [0.2, 0.25) is 0 Å². The molecule has 2 aromatic rings. The van der Waals surface area contributed by atoms with Gasteiger partial charge in [-0.2, -0.15) is 0 Å². The molecule has 14 heavy (non-hydrogen) atoms. The molecule has 0 atom stereocenters. The summed E-state index contributed by atoms with van der Waals surface area (Å²) in [5.74, 6) is -0.866. The number of thiophene rings is 1. The molecule has 0 fully saturated rings. The molecule has 5 heteroatoms. The second-order valence-corrected chi connectivity index (χ2v) is 4.50. The molecule has 0 aliphatic carbocycles. The molecule has 0 bridgehead atoms. The molecule has 0 spiro atoms. The van der Waals surface area contributed by atoms with E-state index in [-0.39, 0.29) is 4.47 Å². The quantitative estimate of drug-likeness (QED) is 0.708. The van der Waals surface area contributed by atoms with Crippen LogP contribution in [-0.4, -0.2) is 0 Å². The first-order chi connectivity index (χ1) is 6.61. The average molecular weight is 281 g/mol. The fraction of sp³-hybridized carbons (Fsp3) is 0.111. The number of benzene rings is 1. The van der Waals surface area contributed by atoms with Gasteiger partial charge in [0.15, 0.2) is 0 Å². The van der Waals surface area contributed by atoms with E-state index in [4.69, 9.17) is 0 Å². The maximum absolute atomic E-state index is 13.3. The van der Waals surface area contributed by atoms with E-state index in [0.29, 0.717) is 10.1 Å². The molecular formula is C9H4BrF3S. The third-order valence-electron chi connectivity index (χ3n) is 1.89. The van der Waals surface area contributed by atoms with Crippen LogP contribution in [0.15, 0.2) is 22.0 Å². The molecule has 0 aliphatic heterocycles. The summed E-state index contributed by atoms with van der Waals surface area (Å²) in [6.45, 7) is 0. The molecule has 74 valence electrons. The minimum Gasteiger partial charge on any atom is -0.205 e. The Labute approximate surface area is 90.5 Å². The molecule has 0 saturated carbocycles. The number of rotatable bonds is 1. The zero-order valence-electron chi connectivity index (χ0n) is 6.73. The van der Waals surface area contributed by atoms with Crippen LogP contribution < -0.4 is 0 Å². The van der Waals surface area contributed by atoms with E-state index in [1.54, 1.807) is 11.4 Å². The summed E-state index contributed by atoms with van der Waals surface area (Å²) in [5, 5.41) is 2.31. The van der Waals surface area contributed by atoms with Crippen LogP contribution in [0.2, 0.25) is 0 Å². The molecule has 0 radical (unpaired) electrons. The molecule has 0 amide bonds. The predicted molar refractivity (Wildman–Crippen MR) is 54.4 cm³/mol. The van der Waals surface area contributed by atoms with Crippen molar-refractivity contribution in [2.45, 2.75) is 6.43 Å². The average Bonchev–Trinajstić information content (AvgIpc) is 2.52.